The van der Waals surface area contributed by atoms with E-state index in [9.17, 15) is 5.11 Å². The Kier molecular flexibility index (Phi) is 7.50. The summed E-state index contributed by atoms with van der Waals surface area (Å²) in [6.45, 7) is 4.78. The largest absolute Gasteiger partial charge is 0.504 e. The number of ether oxygens (including phenoxy) is 1. The van der Waals surface area contributed by atoms with Gasteiger partial charge in [0.05, 0.1) is 0 Å². The van der Waals surface area contributed by atoms with E-state index in [4.69, 9.17) is 14.3 Å². The molecule has 0 spiro atoms. The quantitative estimate of drug-likeness (QED) is 0.461. The lowest BCUT2D eigenvalue weighted by Gasteiger charge is -2.23. The molecule has 0 radical (unpaired) electrons. The Morgan fingerprint density at radius 3 is 2.17 bits per heavy atom. The lowest BCUT2D eigenvalue weighted by atomic mass is 10.2. The van der Waals surface area contributed by atoms with Crippen molar-refractivity contribution in [2.24, 2.45) is 0 Å². The molecule has 4 aromatic rings. The first kappa shape index (κ1) is 20.7. The molecule has 0 aliphatic carbocycles. The second-order valence-electron chi connectivity index (χ2n) is 6.82. The van der Waals surface area contributed by atoms with Crippen molar-refractivity contribution in [3.8, 4) is 11.5 Å². The lowest BCUT2D eigenvalue weighted by molar-refractivity contribution is 0.0675. The van der Waals surface area contributed by atoms with Crippen LogP contribution in [0.2, 0.25) is 0 Å². The van der Waals surface area contributed by atoms with Crippen LogP contribution in [0.1, 0.15) is 12.5 Å². The number of hydrogen-bond acceptors (Lipinski definition) is 5. The molecule has 29 heavy (non-hydrogen) atoms. The topological polar surface area (TPSA) is 66.1 Å². The molecule has 1 atom stereocenters. The molecule has 5 heteroatoms. The fourth-order valence-corrected chi connectivity index (χ4v) is 2.98. The van der Waals surface area contributed by atoms with E-state index in [1.165, 1.54) is 5.56 Å². The number of aromatic hydroxyl groups is 1. The molecule has 2 bridgehead atoms. The molecule has 5 nitrogen and oxygen atoms in total. The highest BCUT2D eigenvalue weighted by molar-refractivity contribution is 5.68. The second-order valence-corrected chi connectivity index (χ2v) is 6.82. The van der Waals surface area contributed by atoms with Crippen LogP contribution in [0.15, 0.2) is 83.3 Å². The number of phenols is 1. The van der Waals surface area contributed by atoms with Gasteiger partial charge in [-0.05, 0) is 36.4 Å². The lowest BCUT2D eigenvalue weighted by Crippen LogP contribution is -2.35. The number of phenolic OH excluding ortho intramolecular Hbond substituents is 1. The van der Waals surface area contributed by atoms with Crippen molar-refractivity contribution >= 4 is 11.2 Å². The number of likely N-dealkylation sites (N-methyl/N-ethyl adjacent to an activating group) is 1. The van der Waals surface area contributed by atoms with E-state index in [-0.39, 0.29) is 5.75 Å². The third-order valence-electron chi connectivity index (χ3n) is 4.51. The van der Waals surface area contributed by atoms with E-state index in [2.05, 4.69) is 24.0 Å². The Hall–Kier alpha value is -3.02. The van der Waals surface area contributed by atoms with Gasteiger partial charge in [0, 0.05) is 19.2 Å². The van der Waals surface area contributed by atoms with E-state index in [1.807, 2.05) is 54.6 Å². The van der Waals surface area contributed by atoms with Crippen LogP contribution in [-0.2, 0) is 6.54 Å². The van der Waals surface area contributed by atoms with Crippen molar-refractivity contribution < 1.29 is 19.4 Å². The van der Waals surface area contributed by atoms with Gasteiger partial charge in [0.25, 0.3) is 0 Å². The maximum absolute atomic E-state index is 10.1. The maximum atomic E-state index is 10.1. The average Bonchev–Trinajstić information content (AvgIpc) is 3.36. The van der Waals surface area contributed by atoms with Crippen LogP contribution >= 0.6 is 0 Å². The number of nitrogens with zero attached hydrogens (tertiary/aromatic N) is 1. The summed E-state index contributed by atoms with van der Waals surface area (Å²) < 4.78 is 10.6. The highest BCUT2D eigenvalue weighted by Crippen LogP contribution is 2.26. The van der Waals surface area contributed by atoms with E-state index in [0.717, 1.165) is 24.4 Å². The first-order valence-electron chi connectivity index (χ1n) is 9.77. The SMILES string of the molecule is CCN(Cc1ccccc1)CC(O)COc1ccccc1.Oc1cc2ccc1o2. The first-order valence-corrected chi connectivity index (χ1v) is 9.77. The molecular weight excluding hydrogens is 366 g/mol. The number of aliphatic hydroxyl groups is 1. The first-order chi connectivity index (χ1) is 14.1. The van der Waals surface area contributed by atoms with Gasteiger partial charge in [0.2, 0.25) is 0 Å². The van der Waals surface area contributed by atoms with Crippen molar-refractivity contribution in [2.75, 3.05) is 19.7 Å². The molecule has 2 aromatic heterocycles. The van der Waals surface area contributed by atoms with Gasteiger partial charge in [0.1, 0.15) is 24.0 Å². The van der Waals surface area contributed by atoms with Gasteiger partial charge in [-0.15, -0.1) is 0 Å². The van der Waals surface area contributed by atoms with Crippen molar-refractivity contribution in [3.63, 3.8) is 0 Å². The van der Waals surface area contributed by atoms with E-state index in [1.54, 1.807) is 12.1 Å². The molecule has 0 fully saturated rings. The predicted octanol–water partition coefficient (Wildman–Crippen LogP) is 4.52. The zero-order valence-electron chi connectivity index (χ0n) is 16.6. The monoisotopic (exact) mass is 393 g/mol. The summed E-state index contributed by atoms with van der Waals surface area (Å²) in [7, 11) is 0. The maximum Gasteiger partial charge on any atom is 0.169 e. The molecule has 0 aliphatic heterocycles. The summed E-state index contributed by atoms with van der Waals surface area (Å²) in [6.07, 6.45) is -0.492. The van der Waals surface area contributed by atoms with Crippen LogP contribution in [0.5, 0.6) is 11.5 Å². The summed E-state index contributed by atoms with van der Waals surface area (Å²) in [5.41, 5.74) is 2.56. The smallest absolute Gasteiger partial charge is 0.169 e. The fraction of sp³-hybridized carbons (Fsp3) is 0.250. The molecule has 2 heterocycles. The Morgan fingerprint density at radius 2 is 1.66 bits per heavy atom. The van der Waals surface area contributed by atoms with Gasteiger partial charge in [-0.2, -0.15) is 0 Å². The van der Waals surface area contributed by atoms with Crippen LogP contribution in [0.25, 0.3) is 11.2 Å². The van der Waals surface area contributed by atoms with Crippen LogP contribution < -0.4 is 4.74 Å². The van der Waals surface area contributed by atoms with Crippen LogP contribution in [0.4, 0.5) is 0 Å². The minimum Gasteiger partial charge on any atom is -0.504 e. The number of fused-ring (bicyclic) bond motifs is 2. The zero-order chi connectivity index (χ0) is 20.5. The summed E-state index contributed by atoms with van der Waals surface area (Å²) >= 11 is 0. The third kappa shape index (κ3) is 6.52. The van der Waals surface area contributed by atoms with E-state index >= 15 is 0 Å². The van der Waals surface area contributed by atoms with E-state index < -0.39 is 6.10 Å². The Balaban J connectivity index is 0.000000246. The molecule has 0 saturated carbocycles. The fourth-order valence-electron chi connectivity index (χ4n) is 2.98. The van der Waals surface area contributed by atoms with Crippen LogP contribution in [0, 0.1) is 0 Å². The summed E-state index contributed by atoms with van der Waals surface area (Å²) in [6, 6.07) is 25.0. The van der Waals surface area contributed by atoms with Crippen molar-refractivity contribution in [1.29, 1.82) is 0 Å². The Morgan fingerprint density at radius 1 is 0.966 bits per heavy atom. The molecule has 152 valence electrons. The standard InChI is InChI=1S/C18H23NO2.C6H4O2/c1-2-19(13-16-9-5-3-6-10-16)14-17(20)15-21-18-11-7-4-8-12-18;7-5-3-4-1-2-6(5)8-4/h3-12,17,20H,2,13-15H2,1H3;1-3,7H. The normalized spacial score (nSPS) is 12.0. The summed E-state index contributed by atoms with van der Waals surface area (Å²) in [5.74, 6) is 1.03. The van der Waals surface area contributed by atoms with Gasteiger partial charge in [0.15, 0.2) is 11.3 Å². The third-order valence-corrected chi connectivity index (χ3v) is 4.51. The summed E-state index contributed by atoms with van der Waals surface area (Å²) in [4.78, 5) is 2.22. The van der Waals surface area contributed by atoms with Crippen molar-refractivity contribution in [3.05, 3.63) is 84.4 Å². The molecule has 0 amide bonds. The molecule has 2 aromatic carbocycles. The number of benzene rings is 3. The van der Waals surface area contributed by atoms with Crippen molar-refractivity contribution in [1.82, 2.24) is 4.90 Å². The molecule has 0 aliphatic rings. The number of aliphatic hydroxyl groups excluding tert-OH is 1. The molecular formula is C24H27NO4. The molecule has 4 rings (SSSR count). The number of furan rings is 2. The highest BCUT2D eigenvalue weighted by Gasteiger charge is 2.11. The van der Waals surface area contributed by atoms with Crippen LogP contribution in [0.3, 0.4) is 0 Å². The minimum atomic E-state index is -0.492. The second kappa shape index (κ2) is 10.5. The molecule has 2 N–H and O–H groups in total. The van der Waals surface area contributed by atoms with Gasteiger partial charge < -0.3 is 19.4 Å². The Bertz CT molecular complexity index is 939. The van der Waals surface area contributed by atoms with E-state index in [0.29, 0.717) is 18.7 Å². The zero-order valence-corrected chi connectivity index (χ0v) is 16.6. The molecule has 1 unspecified atom stereocenters. The summed E-state index contributed by atoms with van der Waals surface area (Å²) in [5, 5.41) is 19.0. The van der Waals surface area contributed by atoms with Gasteiger partial charge in [-0.1, -0.05) is 55.5 Å². The highest BCUT2D eigenvalue weighted by atomic mass is 16.5. The van der Waals surface area contributed by atoms with Gasteiger partial charge in [-0.25, -0.2) is 0 Å². The van der Waals surface area contributed by atoms with Gasteiger partial charge in [-0.3, -0.25) is 4.90 Å². The Labute approximate surface area is 171 Å². The van der Waals surface area contributed by atoms with Crippen molar-refractivity contribution in [2.45, 2.75) is 19.6 Å². The number of para-hydroxylation sites is 1. The molecule has 0 saturated heterocycles. The van der Waals surface area contributed by atoms with Crippen LogP contribution in [-0.4, -0.2) is 40.9 Å². The average molecular weight is 393 g/mol. The number of hydrogen-bond donors (Lipinski definition) is 2. The predicted molar refractivity (Wildman–Crippen MR) is 114 cm³/mol. The number of rotatable bonds is 8. The minimum absolute atomic E-state index is 0.238. The van der Waals surface area contributed by atoms with Gasteiger partial charge >= 0.3 is 0 Å².